The van der Waals surface area contributed by atoms with Crippen molar-refractivity contribution in [3.05, 3.63) is 69.5 Å². The molecule has 2 aromatic carbocycles. The molecule has 0 saturated carbocycles. The van der Waals surface area contributed by atoms with E-state index >= 15 is 0 Å². The molecule has 0 aliphatic rings. The lowest BCUT2D eigenvalue weighted by Crippen LogP contribution is -2.28. The van der Waals surface area contributed by atoms with E-state index in [1.807, 2.05) is 60.8 Å². The highest BCUT2D eigenvalue weighted by molar-refractivity contribution is 7.09. The minimum absolute atomic E-state index is 0.0154. The quantitative estimate of drug-likeness (QED) is 0.694. The Balaban J connectivity index is 1.49. The molecular formula is C19H17ClN2O2S. The number of thiazole rings is 1. The van der Waals surface area contributed by atoms with E-state index < -0.39 is 0 Å². The van der Waals surface area contributed by atoms with Crippen molar-refractivity contribution in [3.8, 4) is 17.0 Å². The summed E-state index contributed by atoms with van der Waals surface area (Å²) in [6.07, 6.45) is 0. The molecule has 1 amide bonds. The van der Waals surface area contributed by atoms with Crippen molar-refractivity contribution in [1.82, 2.24) is 10.3 Å². The minimum atomic E-state index is -0.177. The summed E-state index contributed by atoms with van der Waals surface area (Å²) in [5, 5.41) is 6.32. The van der Waals surface area contributed by atoms with Crippen LogP contribution in [0.15, 0.2) is 53.9 Å². The average Bonchev–Trinajstić information content (AvgIpc) is 3.09. The predicted molar refractivity (Wildman–Crippen MR) is 101 cm³/mol. The topological polar surface area (TPSA) is 51.2 Å². The summed E-state index contributed by atoms with van der Waals surface area (Å²) in [6.45, 7) is 2.37. The number of ether oxygens (including phenoxy) is 1. The molecule has 0 radical (unpaired) electrons. The lowest BCUT2D eigenvalue weighted by Gasteiger charge is -2.06. The fourth-order valence-electron chi connectivity index (χ4n) is 2.15. The lowest BCUT2D eigenvalue weighted by atomic mass is 10.2. The molecular weight excluding hydrogens is 356 g/mol. The summed E-state index contributed by atoms with van der Waals surface area (Å²) in [5.74, 6) is 0.504. The number of carbonyl (C=O) groups excluding carboxylic acids is 1. The number of hydrogen-bond acceptors (Lipinski definition) is 4. The molecule has 1 N–H and O–H groups in total. The van der Waals surface area contributed by atoms with Crippen LogP contribution in [0.4, 0.5) is 0 Å². The van der Waals surface area contributed by atoms with Gasteiger partial charge in [0.15, 0.2) is 6.61 Å². The number of nitrogens with one attached hydrogen (secondary N) is 1. The third-order valence-electron chi connectivity index (χ3n) is 3.52. The second-order valence-corrected chi connectivity index (χ2v) is 6.89. The van der Waals surface area contributed by atoms with E-state index in [9.17, 15) is 4.79 Å². The van der Waals surface area contributed by atoms with Crippen molar-refractivity contribution < 1.29 is 9.53 Å². The number of aromatic nitrogens is 1. The fourth-order valence-corrected chi connectivity index (χ4v) is 3.02. The first kappa shape index (κ1) is 17.5. The van der Waals surface area contributed by atoms with Crippen LogP contribution in [0.1, 0.15) is 10.6 Å². The van der Waals surface area contributed by atoms with Crippen molar-refractivity contribution >= 4 is 28.8 Å². The number of nitrogens with zero attached hydrogens (tertiary/aromatic N) is 1. The normalized spacial score (nSPS) is 10.5. The van der Waals surface area contributed by atoms with Crippen LogP contribution >= 0.6 is 22.9 Å². The maximum atomic E-state index is 11.9. The second-order valence-electron chi connectivity index (χ2n) is 5.51. The van der Waals surface area contributed by atoms with E-state index in [4.69, 9.17) is 16.3 Å². The van der Waals surface area contributed by atoms with Crippen LogP contribution in [0.25, 0.3) is 11.3 Å². The Bertz CT molecular complexity index is 845. The molecule has 0 fully saturated rings. The Morgan fingerprint density at radius 3 is 2.60 bits per heavy atom. The van der Waals surface area contributed by atoms with Gasteiger partial charge in [0.1, 0.15) is 10.8 Å². The number of aryl methyl sites for hydroxylation is 1. The zero-order chi connectivity index (χ0) is 17.6. The third kappa shape index (κ3) is 5.05. The van der Waals surface area contributed by atoms with Gasteiger partial charge in [0, 0.05) is 16.0 Å². The molecule has 0 bridgehead atoms. The molecule has 0 saturated heterocycles. The first-order chi connectivity index (χ1) is 12.1. The monoisotopic (exact) mass is 372 g/mol. The van der Waals surface area contributed by atoms with Crippen LogP contribution in [0.3, 0.4) is 0 Å². The van der Waals surface area contributed by atoms with E-state index in [0.717, 1.165) is 21.8 Å². The number of halogens is 1. The molecule has 0 unspecified atom stereocenters. The average molecular weight is 373 g/mol. The number of rotatable bonds is 6. The van der Waals surface area contributed by atoms with Crippen LogP contribution in [0, 0.1) is 6.92 Å². The molecule has 3 aromatic rings. The fraction of sp³-hybridized carbons (Fsp3) is 0.158. The standard InChI is InChI=1S/C19H17ClN2O2S/c1-13-2-8-16(9-3-13)24-11-18(23)21-10-19-22-17(12-25-19)14-4-6-15(20)7-5-14/h2-9,12H,10-11H2,1H3,(H,21,23). The van der Waals surface area contributed by atoms with Crippen LogP contribution in [0.5, 0.6) is 5.75 Å². The Hall–Kier alpha value is -2.37. The zero-order valence-corrected chi connectivity index (χ0v) is 15.2. The summed E-state index contributed by atoms with van der Waals surface area (Å²) >= 11 is 7.40. The van der Waals surface area contributed by atoms with Crippen molar-refractivity contribution in [2.75, 3.05) is 6.61 Å². The first-order valence-corrected chi connectivity index (χ1v) is 9.02. The van der Waals surface area contributed by atoms with E-state index in [1.165, 1.54) is 11.3 Å². The zero-order valence-electron chi connectivity index (χ0n) is 13.7. The minimum Gasteiger partial charge on any atom is -0.484 e. The van der Waals surface area contributed by atoms with Gasteiger partial charge in [0.25, 0.3) is 5.91 Å². The highest BCUT2D eigenvalue weighted by Crippen LogP contribution is 2.23. The summed E-state index contributed by atoms with van der Waals surface area (Å²) in [5.41, 5.74) is 3.03. The Kier molecular flexibility index (Phi) is 5.68. The van der Waals surface area contributed by atoms with E-state index in [-0.39, 0.29) is 12.5 Å². The van der Waals surface area contributed by atoms with Crippen molar-refractivity contribution in [1.29, 1.82) is 0 Å². The van der Waals surface area contributed by atoms with Gasteiger partial charge in [-0.1, -0.05) is 41.4 Å². The first-order valence-electron chi connectivity index (χ1n) is 7.77. The van der Waals surface area contributed by atoms with Crippen LogP contribution < -0.4 is 10.1 Å². The molecule has 1 heterocycles. The lowest BCUT2D eigenvalue weighted by molar-refractivity contribution is -0.123. The van der Waals surface area contributed by atoms with Crippen LogP contribution in [-0.2, 0) is 11.3 Å². The van der Waals surface area contributed by atoms with E-state index in [0.29, 0.717) is 17.3 Å². The van der Waals surface area contributed by atoms with Gasteiger partial charge in [0.2, 0.25) is 0 Å². The summed E-state index contributed by atoms with van der Waals surface area (Å²) < 4.78 is 5.46. The van der Waals surface area contributed by atoms with Gasteiger partial charge in [-0.15, -0.1) is 11.3 Å². The molecule has 0 aliphatic carbocycles. The smallest absolute Gasteiger partial charge is 0.258 e. The molecule has 0 spiro atoms. The summed E-state index contributed by atoms with van der Waals surface area (Å²) in [7, 11) is 0. The summed E-state index contributed by atoms with van der Waals surface area (Å²) in [4.78, 5) is 16.4. The molecule has 6 heteroatoms. The van der Waals surface area contributed by atoms with Gasteiger partial charge in [-0.3, -0.25) is 4.79 Å². The Morgan fingerprint density at radius 2 is 1.88 bits per heavy atom. The number of benzene rings is 2. The van der Waals surface area contributed by atoms with Crippen molar-refractivity contribution in [2.45, 2.75) is 13.5 Å². The van der Waals surface area contributed by atoms with Gasteiger partial charge in [-0.2, -0.15) is 0 Å². The largest absolute Gasteiger partial charge is 0.484 e. The second kappa shape index (κ2) is 8.14. The molecule has 25 heavy (non-hydrogen) atoms. The summed E-state index contributed by atoms with van der Waals surface area (Å²) in [6, 6.07) is 15.1. The molecule has 128 valence electrons. The number of carbonyl (C=O) groups is 1. The van der Waals surface area contributed by atoms with Crippen molar-refractivity contribution in [3.63, 3.8) is 0 Å². The van der Waals surface area contributed by atoms with Crippen molar-refractivity contribution in [2.24, 2.45) is 0 Å². The highest BCUT2D eigenvalue weighted by atomic mass is 35.5. The molecule has 0 aliphatic heterocycles. The molecule has 0 atom stereocenters. The Morgan fingerprint density at radius 1 is 1.16 bits per heavy atom. The predicted octanol–water partition coefficient (Wildman–Crippen LogP) is 4.47. The van der Waals surface area contributed by atoms with Crippen LogP contribution in [0.2, 0.25) is 5.02 Å². The maximum absolute atomic E-state index is 11.9. The SMILES string of the molecule is Cc1ccc(OCC(=O)NCc2nc(-c3ccc(Cl)cc3)cs2)cc1. The third-order valence-corrected chi connectivity index (χ3v) is 4.62. The molecule has 1 aromatic heterocycles. The van der Waals surface area contributed by atoms with Gasteiger partial charge < -0.3 is 10.1 Å². The number of hydrogen-bond donors (Lipinski definition) is 1. The van der Waals surface area contributed by atoms with Gasteiger partial charge in [0.05, 0.1) is 12.2 Å². The van der Waals surface area contributed by atoms with Gasteiger partial charge in [-0.25, -0.2) is 4.98 Å². The molecule has 4 nitrogen and oxygen atoms in total. The van der Waals surface area contributed by atoms with E-state index in [2.05, 4.69) is 10.3 Å². The highest BCUT2D eigenvalue weighted by Gasteiger charge is 2.07. The van der Waals surface area contributed by atoms with E-state index in [1.54, 1.807) is 0 Å². The van der Waals surface area contributed by atoms with Gasteiger partial charge >= 0.3 is 0 Å². The maximum Gasteiger partial charge on any atom is 0.258 e. The Labute approximate surface area is 155 Å². The van der Waals surface area contributed by atoms with Crippen LogP contribution in [-0.4, -0.2) is 17.5 Å². The molecule has 3 rings (SSSR count). The van der Waals surface area contributed by atoms with Gasteiger partial charge in [-0.05, 0) is 31.2 Å². The number of amides is 1.